The van der Waals surface area contributed by atoms with Crippen LogP contribution in [0.4, 0.5) is 0 Å². The third-order valence-corrected chi connectivity index (χ3v) is 3.64. The molecule has 5 heteroatoms. The van der Waals surface area contributed by atoms with E-state index in [0.717, 1.165) is 25.2 Å². The number of carbonyl (C=O) groups is 1. The van der Waals surface area contributed by atoms with Crippen molar-refractivity contribution in [1.29, 1.82) is 0 Å². The number of nitrogens with one attached hydrogen (secondary N) is 2. The van der Waals surface area contributed by atoms with E-state index < -0.39 is 0 Å². The van der Waals surface area contributed by atoms with Gasteiger partial charge in [0.25, 0.3) is 5.91 Å². The van der Waals surface area contributed by atoms with E-state index in [1.165, 1.54) is 6.33 Å². The Morgan fingerprint density at radius 3 is 3.00 bits per heavy atom. The average molecular weight is 262 g/mol. The third-order valence-electron chi connectivity index (χ3n) is 3.64. The Morgan fingerprint density at radius 2 is 2.32 bits per heavy atom. The van der Waals surface area contributed by atoms with Crippen molar-refractivity contribution in [1.82, 2.24) is 20.6 Å². The van der Waals surface area contributed by atoms with Crippen LogP contribution in [0.1, 0.15) is 49.2 Å². The molecule has 0 aromatic carbocycles. The molecular formula is C14H22N4O. The molecule has 5 nitrogen and oxygen atoms in total. The van der Waals surface area contributed by atoms with Crippen LogP contribution in [0.5, 0.6) is 0 Å². The molecule has 2 rings (SSSR count). The zero-order chi connectivity index (χ0) is 13.8. The predicted molar refractivity (Wildman–Crippen MR) is 74.0 cm³/mol. The van der Waals surface area contributed by atoms with Gasteiger partial charge in [0.2, 0.25) is 0 Å². The van der Waals surface area contributed by atoms with Gasteiger partial charge in [-0.05, 0) is 31.3 Å². The van der Waals surface area contributed by atoms with Gasteiger partial charge in [-0.3, -0.25) is 4.79 Å². The lowest BCUT2D eigenvalue weighted by Crippen LogP contribution is -2.48. The fourth-order valence-corrected chi connectivity index (χ4v) is 2.45. The van der Waals surface area contributed by atoms with Crippen molar-refractivity contribution in [2.45, 2.75) is 39.2 Å². The average Bonchev–Trinajstić information content (AvgIpc) is 2.41. The molecule has 2 N–H and O–H groups in total. The van der Waals surface area contributed by atoms with E-state index in [0.29, 0.717) is 11.5 Å². The number of aromatic nitrogens is 2. The van der Waals surface area contributed by atoms with Crippen LogP contribution in [0.25, 0.3) is 0 Å². The standard InChI is InChI=1S/C14H22N4O/c1-9(2)13-11(7-16-8-17-13)14(19)18-12-4-5-15-6-10(12)3/h7-10,12,15H,4-6H2,1-3H3,(H,18,19). The highest BCUT2D eigenvalue weighted by Gasteiger charge is 2.24. The second-order valence-electron chi connectivity index (χ2n) is 5.53. The van der Waals surface area contributed by atoms with Crippen LogP contribution in [-0.4, -0.2) is 35.0 Å². The summed E-state index contributed by atoms with van der Waals surface area (Å²) in [7, 11) is 0. The molecule has 2 heterocycles. The molecule has 104 valence electrons. The van der Waals surface area contributed by atoms with Crippen molar-refractivity contribution >= 4 is 5.91 Å². The summed E-state index contributed by atoms with van der Waals surface area (Å²) < 4.78 is 0. The summed E-state index contributed by atoms with van der Waals surface area (Å²) in [6, 6.07) is 0.231. The maximum absolute atomic E-state index is 12.4. The summed E-state index contributed by atoms with van der Waals surface area (Å²) in [6.07, 6.45) is 4.08. The molecular weight excluding hydrogens is 240 g/mol. The minimum Gasteiger partial charge on any atom is -0.349 e. The van der Waals surface area contributed by atoms with Crippen molar-refractivity contribution in [3.63, 3.8) is 0 Å². The molecule has 19 heavy (non-hydrogen) atoms. The van der Waals surface area contributed by atoms with Gasteiger partial charge in [-0.1, -0.05) is 20.8 Å². The molecule has 2 atom stereocenters. The Morgan fingerprint density at radius 1 is 1.53 bits per heavy atom. The Balaban J connectivity index is 2.11. The van der Waals surface area contributed by atoms with Crippen LogP contribution in [0.3, 0.4) is 0 Å². The molecule has 0 bridgehead atoms. The predicted octanol–water partition coefficient (Wildman–Crippen LogP) is 1.33. The summed E-state index contributed by atoms with van der Waals surface area (Å²) in [4.78, 5) is 20.6. The highest BCUT2D eigenvalue weighted by molar-refractivity contribution is 5.95. The monoisotopic (exact) mass is 262 g/mol. The van der Waals surface area contributed by atoms with Crippen molar-refractivity contribution in [3.8, 4) is 0 Å². The lowest BCUT2D eigenvalue weighted by molar-refractivity contribution is 0.0912. The van der Waals surface area contributed by atoms with E-state index in [1.54, 1.807) is 6.20 Å². The zero-order valence-electron chi connectivity index (χ0n) is 11.8. The molecule has 0 aliphatic carbocycles. The Bertz CT molecular complexity index is 447. The molecule has 1 saturated heterocycles. The lowest BCUT2D eigenvalue weighted by Gasteiger charge is -2.30. The maximum Gasteiger partial charge on any atom is 0.254 e. The number of piperidine rings is 1. The molecule has 1 aliphatic heterocycles. The van der Waals surface area contributed by atoms with Gasteiger partial charge in [0.05, 0.1) is 11.3 Å². The van der Waals surface area contributed by atoms with Gasteiger partial charge in [-0.25, -0.2) is 9.97 Å². The fourth-order valence-electron chi connectivity index (χ4n) is 2.45. The highest BCUT2D eigenvalue weighted by atomic mass is 16.1. The number of nitrogens with zero attached hydrogens (tertiary/aromatic N) is 2. The Labute approximate surface area is 114 Å². The molecule has 1 fully saturated rings. The minimum absolute atomic E-state index is 0.0527. The van der Waals surface area contributed by atoms with E-state index in [2.05, 4.69) is 27.5 Å². The van der Waals surface area contributed by atoms with Gasteiger partial charge in [0.1, 0.15) is 6.33 Å². The summed E-state index contributed by atoms with van der Waals surface area (Å²) in [5.74, 6) is 0.613. The largest absolute Gasteiger partial charge is 0.349 e. The smallest absolute Gasteiger partial charge is 0.254 e. The van der Waals surface area contributed by atoms with Gasteiger partial charge in [-0.2, -0.15) is 0 Å². The first kappa shape index (κ1) is 13.9. The topological polar surface area (TPSA) is 66.9 Å². The van der Waals surface area contributed by atoms with Crippen LogP contribution >= 0.6 is 0 Å². The van der Waals surface area contributed by atoms with Crippen LogP contribution in [-0.2, 0) is 0 Å². The van der Waals surface area contributed by atoms with E-state index in [4.69, 9.17) is 0 Å². The molecule has 0 spiro atoms. The molecule has 0 saturated carbocycles. The van der Waals surface area contributed by atoms with Crippen molar-refractivity contribution in [2.75, 3.05) is 13.1 Å². The summed E-state index contributed by atoms with van der Waals surface area (Å²) >= 11 is 0. The normalized spacial score (nSPS) is 23.4. The highest BCUT2D eigenvalue weighted by Crippen LogP contribution is 2.17. The van der Waals surface area contributed by atoms with Crippen molar-refractivity contribution in [3.05, 3.63) is 23.8 Å². The minimum atomic E-state index is -0.0527. The molecule has 0 radical (unpaired) electrons. The number of carbonyl (C=O) groups excluding carboxylic acids is 1. The first-order valence-corrected chi connectivity index (χ1v) is 6.91. The number of hydrogen-bond acceptors (Lipinski definition) is 4. The SMILES string of the molecule is CC(C)c1ncncc1C(=O)NC1CCNCC1C. The van der Waals surface area contributed by atoms with Crippen molar-refractivity contribution in [2.24, 2.45) is 5.92 Å². The lowest BCUT2D eigenvalue weighted by atomic mass is 9.94. The van der Waals surface area contributed by atoms with Crippen molar-refractivity contribution < 1.29 is 4.79 Å². The Hall–Kier alpha value is -1.49. The van der Waals surface area contributed by atoms with Crippen LogP contribution in [0.2, 0.25) is 0 Å². The van der Waals surface area contributed by atoms with Crippen LogP contribution in [0, 0.1) is 5.92 Å². The summed E-state index contributed by atoms with van der Waals surface area (Å²) in [5, 5.41) is 6.45. The molecule has 1 aromatic heterocycles. The number of rotatable bonds is 3. The van der Waals surface area contributed by atoms with Gasteiger partial charge in [0.15, 0.2) is 0 Å². The second-order valence-corrected chi connectivity index (χ2v) is 5.53. The van der Waals surface area contributed by atoms with Gasteiger partial charge in [-0.15, -0.1) is 0 Å². The van der Waals surface area contributed by atoms with Gasteiger partial charge in [0, 0.05) is 12.2 Å². The molecule has 2 unspecified atom stereocenters. The molecule has 1 amide bonds. The van der Waals surface area contributed by atoms with E-state index in [1.807, 2.05) is 13.8 Å². The van der Waals surface area contributed by atoms with Gasteiger partial charge >= 0.3 is 0 Å². The quantitative estimate of drug-likeness (QED) is 0.862. The Kier molecular flexibility index (Phi) is 4.47. The number of hydrogen-bond donors (Lipinski definition) is 2. The number of amides is 1. The fraction of sp³-hybridized carbons (Fsp3) is 0.643. The van der Waals surface area contributed by atoms with Crippen LogP contribution < -0.4 is 10.6 Å². The molecule has 1 aliphatic rings. The third kappa shape index (κ3) is 3.29. The second kappa shape index (κ2) is 6.10. The van der Waals surface area contributed by atoms with Crippen LogP contribution in [0.15, 0.2) is 12.5 Å². The first-order chi connectivity index (χ1) is 9.09. The van der Waals surface area contributed by atoms with E-state index in [9.17, 15) is 4.79 Å². The first-order valence-electron chi connectivity index (χ1n) is 6.91. The van der Waals surface area contributed by atoms with E-state index >= 15 is 0 Å². The maximum atomic E-state index is 12.4. The van der Waals surface area contributed by atoms with E-state index in [-0.39, 0.29) is 17.9 Å². The van der Waals surface area contributed by atoms with Gasteiger partial charge < -0.3 is 10.6 Å². The summed E-state index contributed by atoms with van der Waals surface area (Å²) in [6.45, 7) is 8.13. The summed E-state index contributed by atoms with van der Waals surface area (Å²) in [5.41, 5.74) is 1.41. The zero-order valence-corrected chi connectivity index (χ0v) is 11.8. The molecule has 1 aromatic rings.